The number of aromatic nitrogens is 5. The van der Waals surface area contributed by atoms with E-state index in [1.165, 1.54) is 24.9 Å². The zero-order valence-corrected chi connectivity index (χ0v) is 21.7. The SMILES string of the molecule is COC(=O)[C@H](C)NP(=O)(NCc1cccnc1)OC[C@H]1O[C@@H](n2cnc3c(N)nc(N)nc32)[C@@](C)(F)[C@H]1O. The molecule has 38 heavy (non-hydrogen) atoms. The molecule has 6 atom stereocenters. The van der Waals surface area contributed by atoms with Gasteiger partial charge in [0.15, 0.2) is 23.4 Å². The van der Waals surface area contributed by atoms with Crippen molar-refractivity contribution in [1.82, 2.24) is 34.7 Å². The molecule has 1 aliphatic heterocycles. The first-order chi connectivity index (χ1) is 17.9. The van der Waals surface area contributed by atoms with E-state index in [1.54, 1.807) is 24.5 Å². The number of fused-ring (bicyclic) bond motifs is 1. The maximum atomic E-state index is 15.8. The Bertz CT molecular complexity index is 1340. The quantitative estimate of drug-likeness (QED) is 0.170. The van der Waals surface area contributed by atoms with Crippen LogP contribution in [0.15, 0.2) is 30.9 Å². The minimum absolute atomic E-state index is 0.00308. The number of anilines is 2. The largest absolute Gasteiger partial charge is 0.468 e. The fourth-order valence-electron chi connectivity index (χ4n) is 3.97. The van der Waals surface area contributed by atoms with Crippen LogP contribution in [0.2, 0.25) is 0 Å². The minimum atomic E-state index is -3.98. The monoisotopic (exact) mass is 553 g/mol. The first kappa shape index (κ1) is 27.8. The number of nitrogens with one attached hydrogen (secondary N) is 2. The van der Waals surface area contributed by atoms with Gasteiger partial charge in [-0.3, -0.25) is 18.9 Å². The molecule has 4 heterocycles. The van der Waals surface area contributed by atoms with Crippen molar-refractivity contribution in [3.8, 4) is 0 Å². The fourth-order valence-corrected chi connectivity index (χ4v) is 5.59. The number of halogens is 1. The molecule has 0 bridgehead atoms. The van der Waals surface area contributed by atoms with E-state index < -0.39 is 50.4 Å². The molecule has 17 heteroatoms. The van der Waals surface area contributed by atoms with Crippen LogP contribution in [0.25, 0.3) is 11.2 Å². The molecule has 1 aliphatic rings. The highest BCUT2D eigenvalue weighted by Crippen LogP contribution is 2.45. The van der Waals surface area contributed by atoms with Crippen LogP contribution in [0.1, 0.15) is 25.6 Å². The second-order valence-electron chi connectivity index (χ2n) is 8.83. The lowest BCUT2D eigenvalue weighted by atomic mass is 9.98. The van der Waals surface area contributed by atoms with E-state index in [0.717, 1.165) is 6.92 Å². The molecule has 1 unspecified atom stereocenters. The average Bonchev–Trinajstić information content (AvgIpc) is 3.39. The Morgan fingerprint density at radius 3 is 2.87 bits per heavy atom. The van der Waals surface area contributed by atoms with Crippen LogP contribution in [0.4, 0.5) is 16.2 Å². The molecule has 1 saturated heterocycles. The van der Waals surface area contributed by atoms with Gasteiger partial charge in [-0.15, -0.1) is 0 Å². The third kappa shape index (κ3) is 5.60. The zero-order chi connectivity index (χ0) is 27.7. The van der Waals surface area contributed by atoms with Crippen LogP contribution < -0.4 is 21.6 Å². The topological polar surface area (TPSA) is 215 Å². The van der Waals surface area contributed by atoms with Crippen LogP contribution in [-0.4, -0.2) is 73.2 Å². The fraction of sp³-hybridized carbons (Fsp3) is 0.476. The van der Waals surface area contributed by atoms with Gasteiger partial charge in [0.2, 0.25) is 5.95 Å². The number of imidazole rings is 1. The minimum Gasteiger partial charge on any atom is -0.468 e. The number of aliphatic hydroxyl groups is 1. The molecule has 3 aromatic rings. The highest BCUT2D eigenvalue weighted by molar-refractivity contribution is 7.54. The number of hydrogen-bond acceptors (Lipinski definition) is 12. The summed E-state index contributed by atoms with van der Waals surface area (Å²) in [7, 11) is -2.79. The van der Waals surface area contributed by atoms with Gasteiger partial charge in [0.25, 0.3) is 0 Å². The number of alkyl halides is 1. The summed E-state index contributed by atoms with van der Waals surface area (Å²) in [4.78, 5) is 27.9. The van der Waals surface area contributed by atoms with Crippen molar-refractivity contribution in [2.24, 2.45) is 0 Å². The van der Waals surface area contributed by atoms with Gasteiger partial charge < -0.3 is 30.6 Å². The molecule has 0 spiro atoms. The summed E-state index contributed by atoms with van der Waals surface area (Å²) in [5.74, 6) is -0.836. The zero-order valence-electron chi connectivity index (χ0n) is 20.8. The molecule has 0 saturated carbocycles. The highest BCUT2D eigenvalue weighted by atomic mass is 31.2. The number of ether oxygens (including phenoxy) is 2. The van der Waals surface area contributed by atoms with Crippen molar-refractivity contribution >= 4 is 36.6 Å². The smallest absolute Gasteiger partial charge is 0.341 e. The van der Waals surface area contributed by atoms with Crippen molar-refractivity contribution in [2.75, 3.05) is 25.2 Å². The van der Waals surface area contributed by atoms with Crippen LogP contribution in [0.3, 0.4) is 0 Å². The number of nitrogen functional groups attached to an aromatic ring is 2. The van der Waals surface area contributed by atoms with Gasteiger partial charge in [-0.2, -0.15) is 9.97 Å². The number of nitrogens with two attached hydrogens (primary N) is 2. The molecular weight excluding hydrogens is 524 g/mol. The molecule has 206 valence electrons. The predicted octanol–water partition coefficient (Wildman–Crippen LogP) is 0.438. The summed E-state index contributed by atoms with van der Waals surface area (Å²) in [5.41, 5.74) is 10.1. The second-order valence-corrected chi connectivity index (χ2v) is 10.8. The van der Waals surface area contributed by atoms with Crippen molar-refractivity contribution in [3.05, 3.63) is 36.4 Å². The van der Waals surface area contributed by atoms with Crippen molar-refractivity contribution < 1.29 is 32.9 Å². The third-order valence-electron chi connectivity index (χ3n) is 5.99. The lowest BCUT2D eigenvalue weighted by molar-refractivity contribution is -0.142. The van der Waals surface area contributed by atoms with Gasteiger partial charge in [-0.25, -0.2) is 19.5 Å². The van der Waals surface area contributed by atoms with E-state index >= 15 is 4.39 Å². The van der Waals surface area contributed by atoms with E-state index in [4.69, 9.17) is 20.7 Å². The van der Waals surface area contributed by atoms with Crippen LogP contribution >= 0.6 is 7.67 Å². The number of rotatable bonds is 10. The average molecular weight is 553 g/mol. The summed E-state index contributed by atoms with van der Waals surface area (Å²) < 4.78 is 46.8. The molecule has 4 rings (SSSR count). The Morgan fingerprint density at radius 1 is 1.42 bits per heavy atom. The normalized spacial score (nSPS) is 25.8. The Balaban J connectivity index is 1.53. The van der Waals surface area contributed by atoms with E-state index in [1.807, 2.05) is 0 Å². The van der Waals surface area contributed by atoms with E-state index in [-0.39, 0.29) is 29.5 Å². The van der Waals surface area contributed by atoms with E-state index in [9.17, 15) is 14.5 Å². The van der Waals surface area contributed by atoms with Crippen molar-refractivity contribution in [3.63, 3.8) is 0 Å². The van der Waals surface area contributed by atoms with Gasteiger partial charge in [0.05, 0.1) is 20.0 Å². The molecule has 0 amide bonds. The van der Waals surface area contributed by atoms with Gasteiger partial charge in [-0.05, 0) is 25.5 Å². The molecule has 1 fully saturated rings. The summed E-state index contributed by atoms with van der Waals surface area (Å²) in [6, 6.07) is 2.42. The van der Waals surface area contributed by atoms with Crippen molar-refractivity contribution in [1.29, 1.82) is 0 Å². The van der Waals surface area contributed by atoms with Gasteiger partial charge in [0.1, 0.15) is 23.8 Å². The summed E-state index contributed by atoms with van der Waals surface area (Å²) in [5, 5.41) is 16.1. The Morgan fingerprint density at radius 2 is 2.18 bits per heavy atom. The highest BCUT2D eigenvalue weighted by Gasteiger charge is 2.56. The molecule has 0 aromatic carbocycles. The van der Waals surface area contributed by atoms with Crippen molar-refractivity contribution in [2.45, 2.75) is 50.5 Å². The Kier molecular flexibility index (Phi) is 7.92. The predicted molar refractivity (Wildman–Crippen MR) is 133 cm³/mol. The molecular formula is C21H29FN9O6P. The van der Waals surface area contributed by atoms with Gasteiger partial charge >= 0.3 is 13.6 Å². The van der Waals surface area contributed by atoms with Gasteiger partial charge in [-0.1, -0.05) is 6.07 Å². The standard InChI is InChI=1S/C21H29FN9O6P/c1-11(18(33)35-3)30-38(34,27-8-12-5-4-6-25-7-12)36-9-13-15(32)21(2,22)19(37-13)31-10-26-14-16(23)28-20(24)29-17(14)31/h4-7,10-11,13,15,19,32H,8-9H2,1-3H3,(H2,27,30,34)(H4,23,24,28,29)/t11-,13+,15-,19+,21-,38?/m0/s1. The number of esters is 1. The number of hydrogen-bond donors (Lipinski definition) is 5. The summed E-state index contributed by atoms with van der Waals surface area (Å²) in [6.07, 6.45) is 0.00256. The Hall–Kier alpha value is -3.27. The summed E-state index contributed by atoms with van der Waals surface area (Å²) in [6.45, 7) is 2.13. The molecule has 0 radical (unpaired) electrons. The molecule has 3 aromatic heterocycles. The number of pyridine rings is 1. The Labute approximate surface area is 216 Å². The maximum absolute atomic E-state index is 15.8. The van der Waals surface area contributed by atoms with Gasteiger partial charge in [0, 0.05) is 18.9 Å². The van der Waals surface area contributed by atoms with Crippen LogP contribution in [-0.2, 0) is 29.9 Å². The number of carbonyl (C=O) groups is 1. The molecule has 15 nitrogen and oxygen atoms in total. The lowest BCUT2D eigenvalue weighted by Gasteiger charge is -2.25. The molecule has 0 aliphatic carbocycles. The lowest BCUT2D eigenvalue weighted by Crippen LogP contribution is -2.41. The molecule has 7 N–H and O–H groups in total. The summed E-state index contributed by atoms with van der Waals surface area (Å²) >= 11 is 0. The number of aliphatic hydroxyl groups excluding tert-OH is 1. The maximum Gasteiger partial charge on any atom is 0.341 e. The first-order valence-corrected chi connectivity index (χ1v) is 13.1. The number of nitrogens with zero attached hydrogens (tertiary/aromatic N) is 5. The van der Waals surface area contributed by atoms with Crippen LogP contribution in [0.5, 0.6) is 0 Å². The number of carbonyl (C=O) groups excluding carboxylic acids is 1. The second kappa shape index (κ2) is 10.8. The number of methoxy groups -OCH3 is 1. The first-order valence-electron chi connectivity index (χ1n) is 11.5. The van der Waals surface area contributed by atoms with Crippen LogP contribution in [0, 0.1) is 0 Å². The third-order valence-corrected chi connectivity index (χ3v) is 7.80. The van der Waals surface area contributed by atoms with E-state index in [0.29, 0.717) is 5.56 Å². The van der Waals surface area contributed by atoms with E-state index in [2.05, 4.69) is 34.8 Å².